The molecule has 1 N–H and O–H groups in total. The molecule has 1 aliphatic heterocycles. The van der Waals surface area contributed by atoms with Crippen molar-refractivity contribution in [1.82, 2.24) is 5.32 Å². The minimum Gasteiger partial charge on any atom is -0.377 e. The average Bonchev–Trinajstić information content (AvgIpc) is 2.46. The quantitative estimate of drug-likeness (QED) is 0.911. The van der Waals surface area contributed by atoms with Gasteiger partial charge in [0.25, 0.3) is 0 Å². The number of rotatable bonds is 4. The summed E-state index contributed by atoms with van der Waals surface area (Å²) in [6.45, 7) is 8.95. The van der Waals surface area contributed by atoms with Gasteiger partial charge in [0.05, 0.1) is 0 Å². The fourth-order valence-electron chi connectivity index (χ4n) is 3.08. The van der Waals surface area contributed by atoms with Crippen LogP contribution in [0.15, 0.2) is 18.2 Å². The molecular formula is C17H29N3. The maximum Gasteiger partial charge on any atom is 0.0412 e. The SMILES string of the molecule is CCC1CN(c2ccc(C)c(N(C)C)c2)C(CC)CN1. The van der Waals surface area contributed by atoms with Crippen molar-refractivity contribution >= 4 is 11.4 Å². The third-order valence-corrected chi connectivity index (χ3v) is 4.47. The molecule has 0 bridgehead atoms. The number of hydrogen-bond acceptors (Lipinski definition) is 3. The van der Waals surface area contributed by atoms with E-state index in [2.05, 4.69) is 68.2 Å². The molecule has 3 nitrogen and oxygen atoms in total. The smallest absolute Gasteiger partial charge is 0.0412 e. The average molecular weight is 275 g/mol. The highest BCUT2D eigenvalue weighted by molar-refractivity contribution is 5.63. The molecule has 3 heteroatoms. The second kappa shape index (κ2) is 6.49. The van der Waals surface area contributed by atoms with E-state index in [4.69, 9.17) is 0 Å². The maximum absolute atomic E-state index is 3.67. The van der Waals surface area contributed by atoms with Crippen molar-refractivity contribution < 1.29 is 0 Å². The molecule has 1 saturated heterocycles. The fourth-order valence-corrected chi connectivity index (χ4v) is 3.08. The summed E-state index contributed by atoms with van der Waals surface area (Å²) in [6.07, 6.45) is 2.38. The molecule has 0 aromatic heterocycles. The molecule has 0 aliphatic carbocycles. The molecule has 1 heterocycles. The number of benzene rings is 1. The van der Waals surface area contributed by atoms with Gasteiger partial charge < -0.3 is 15.1 Å². The predicted octanol–water partition coefficient (Wildman–Crippen LogP) is 3.03. The van der Waals surface area contributed by atoms with Crippen LogP contribution in [0.2, 0.25) is 0 Å². The first-order chi connectivity index (χ1) is 9.56. The van der Waals surface area contributed by atoms with Gasteiger partial charge in [0.15, 0.2) is 0 Å². The third kappa shape index (κ3) is 3.09. The lowest BCUT2D eigenvalue weighted by Crippen LogP contribution is -2.56. The Hall–Kier alpha value is -1.22. The summed E-state index contributed by atoms with van der Waals surface area (Å²) in [5, 5.41) is 3.67. The zero-order valence-electron chi connectivity index (χ0n) is 13.6. The molecule has 2 atom stereocenters. The van der Waals surface area contributed by atoms with Gasteiger partial charge in [-0.15, -0.1) is 0 Å². The van der Waals surface area contributed by atoms with Gasteiger partial charge in [-0.1, -0.05) is 19.9 Å². The van der Waals surface area contributed by atoms with Crippen LogP contribution in [0.4, 0.5) is 11.4 Å². The Balaban J connectivity index is 2.29. The first-order valence-electron chi connectivity index (χ1n) is 7.84. The van der Waals surface area contributed by atoms with Gasteiger partial charge in [-0.25, -0.2) is 0 Å². The van der Waals surface area contributed by atoms with E-state index < -0.39 is 0 Å². The molecular weight excluding hydrogens is 246 g/mol. The summed E-state index contributed by atoms with van der Waals surface area (Å²) in [4.78, 5) is 4.80. The Bertz CT molecular complexity index is 442. The summed E-state index contributed by atoms with van der Waals surface area (Å²) in [5.74, 6) is 0. The van der Waals surface area contributed by atoms with Crippen molar-refractivity contribution in [2.75, 3.05) is 37.0 Å². The molecule has 112 valence electrons. The fraction of sp³-hybridized carbons (Fsp3) is 0.647. The Morgan fingerprint density at radius 2 is 2.00 bits per heavy atom. The summed E-state index contributed by atoms with van der Waals surface area (Å²) >= 11 is 0. The van der Waals surface area contributed by atoms with Crippen molar-refractivity contribution in [1.29, 1.82) is 0 Å². The summed E-state index contributed by atoms with van der Waals surface area (Å²) in [7, 11) is 4.24. The van der Waals surface area contributed by atoms with Crippen LogP contribution in [-0.4, -0.2) is 39.3 Å². The number of piperazine rings is 1. The van der Waals surface area contributed by atoms with Crippen LogP contribution in [-0.2, 0) is 0 Å². The Kier molecular flexibility index (Phi) is 4.92. The number of aryl methyl sites for hydroxylation is 1. The molecule has 0 amide bonds. The van der Waals surface area contributed by atoms with E-state index in [-0.39, 0.29) is 0 Å². The molecule has 1 aliphatic rings. The van der Waals surface area contributed by atoms with E-state index in [1.165, 1.54) is 29.8 Å². The Morgan fingerprint density at radius 3 is 2.60 bits per heavy atom. The summed E-state index contributed by atoms with van der Waals surface area (Å²) in [5.41, 5.74) is 4.03. The third-order valence-electron chi connectivity index (χ3n) is 4.47. The normalized spacial score (nSPS) is 22.9. The van der Waals surface area contributed by atoms with E-state index in [0.717, 1.165) is 13.1 Å². The molecule has 2 rings (SSSR count). The topological polar surface area (TPSA) is 18.5 Å². The molecule has 0 radical (unpaired) electrons. The van der Waals surface area contributed by atoms with Crippen LogP contribution < -0.4 is 15.1 Å². The minimum atomic E-state index is 0.607. The number of hydrogen-bond donors (Lipinski definition) is 1. The van der Waals surface area contributed by atoms with Gasteiger partial charge >= 0.3 is 0 Å². The lowest BCUT2D eigenvalue weighted by molar-refractivity contribution is 0.379. The van der Waals surface area contributed by atoms with Crippen LogP contribution in [0, 0.1) is 6.92 Å². The van der Waals surface area contributed by atoms with Gasteiger partial charge in [-0.05, 0) is 37.5 Å². The highest BCUT2D eigenvalue weighted by Crippen LogP contribution is 2.28. The van der Waals surface area contributed by atoms with Crippen molar-refractivity contribution in [3.8, 4) is 0 Å². The van der Waals surface area contributed by atoms with Crippen molar-refractivity contribution in [3.05, 3.63) is 23.8 Å². The van der Waals surface area contributed by atoms with Crippen LogP contribution in [0.5, 0.6) is 0 Å². The van der Waals surface area contributed by atoms with E-state index in [1.807, 2.05) is 0 Å². The van der Waals surface area contributed by atoms with Gasteiger partial charge in [0.2, 0.25) is 0 Å². The molecule has 0 saturated carbocycles. The van der Waals surface area contributed by atoms with Gasteiger partial charge in [0, 0.05) is 50.6 Å². The van der Waals surface area contributed by atoms with Crippen LogP contribution in [0.1, 0.15) is 32.3 Å². The van der Waals surface area contributed by atoms with Gasteiger partial charge in [-0.2, -0.15) is 0 Å². The lowest BCUT2D eigenvalue weighted by atomic mass is 10.0. The highest BCUT2D eigenvalue weighted by Gasteiger charge is 2.26. The molecule has 0 spiro atoms. The first kappa shape index (κ1) is 15.2. The van der Waals surface area contributed by atoms with Crippen LogP contribution in [0.25, 0.3) is 0 Å². The van der Waals surface area contributed by atoms with E-state index in [0.29, 0.717) is 12.1 Å². The van der Waals surface area contributed by atoms with Crippen molar-refractivity contribution in [2.45, 2.75) is 45.7 Å². The number of nitrogens with zero attached hydrogens (tertiary/aromatic N) is 2. The van der Waals surface area contributed by atoms with Crippen LogP contribution in [0.3, 0.4) is 0 Å². The molecule has 1 fully saturated rings. The second-order valence-electron chi connectivity index (χ2n) is 6.09. The Morgan fingerprint density at radius 1 is 1.25 bits per heavy atom. The maximum atomic E-state index is 3.67. The van der Waals surface area contributed by atoms with E-state index in [1.54, 1.807) is 0 Å². The summed E-state index contributed by atoms with van der Waals surface area (Å²) < 4.78 is 0. The highest BCUT2D eigenvalue weighted by atomic mass is 15.2. The molecule has 20 heavy (non-hydrogen) atoms. The van der Waals surface area contributed by atoms with Crippen LogP contribution >= 0.6 is 0 Å². The largest absolute Gasteiger partial charge is 0.377 e. The predicted molar refractivity (Wildman–Crippen MR) is 89.0 cm³/mol. The second-order valence-corrected chi connectivity index (χ2v) is 6.09. The standard InChI is InChI=1S/C17H29N3/c1-6-14-12-20(15(7-2)11-18-14)16-9-8-13(3)17(10-16)19(4)5/h8-10,14-15,18H,6-7,11-12H2,1-5H3. The minimum absolute atomic E-state index is 0.607. The van der Waals surface area contributed by atoms with Gasteiger partial charge in [-0.3, -0.25) is 0 Å². The first-order valence-corrected chi connectivity index (χ1v) is 7.84. The van der Waals surface area contributed by atoms with Crippen molar-refractivity contribution in [3.63, 3.8) is 0 Å². The number of anilines is 2. The molecule has 1 aromatic rings. The molecule has 2 unspecified atom stereocenters. The lowest BCUT2D eigenvalue weighted by Gasteiger charge is -2.42. The zero-order chi connectivity index (χ0) is 14.7. The van der Waals surface area contributed by atoms with E-state index >= 15 is 0 Å². The van der Waals surface area contributed by atoms with Gasteiger partial charge in [0.1, 0.15) is 0 Å². The number of nitrogens with one attached hydrogen (secondary N) is 1. The molecule has 1 aromatic carbocycles. The van der Waals surface area contributed by atoms with Crippen molar-refractivity contribution in [2.24, 2.45) is 0 Å². The Labute approximate surface area is 124 Å². The zero-order valence-corrected chi connectivity index (χ0v) is 13.6. The summed E-state index contributed by atoms with van der Waals surface area (Å²) in [6, 6.07) is 8.09. The van der Waals surface area contributed by atoms with E-state index in [9.17, 15) is 0 Å². The monoisotopic (exact) mass is 275 g/mol.